The van der Waals surface area contributed by atoms with Crippen molar-refractivity contribution in [3.8, 4) is 0 Å². The van der Waals surface area contributed by atoms with Gasteiger partial charge in [-0.05, 0) is 36.5 Å². The normalized spacial score (nSPS) is 10.3. The summed E-state index contributed by atoms with van der Waals surface area (Å²) < 4.78 is 0. The van der Waals surface area contributed by atoms with Crippen molar-refractivity contribution in [2.75, 3.05) is 11.9 Å². The molecule has 0 fully saturated rings. The van der Waals surface area contributed by atoms with Gasteiger partial charge < -0.3 is 10.4 Å². The van der Waals surface area contributed by atoms with Crippen LogP contribution in [0, 0.1) is 0 Å². The molecule has 0 aliphatic heterocycles. The van der Waals surface area contributed by atoms with Gasteiger partial charge in [0.15, 0.2) is 0 Å². The van der Waals surface area contributed by atoms with E-state index in [1.54, 1.807) is 0 Å². The minimum atomic E-state index is -0.723. The molecule has 3 heteroatoms. The molecule has 2 aromatic rings. The standard InChI is InChI=1S/C18H21NO2/c20-18(21)12-6-7-13-19-17-11-5-4-10-16(17)14-15-8-2-1-3-9-15/h1-5,8-11,19H,6-7,12-14H2,(H,20,21). The van der Waals surface area contributed by atoms with Crippen LogP contribution in [0.3, 0.4) is 0 Å². The maximum absolute atomic E-state index is 10.5. The largest absolute Gasteiger partial charge is 0.481 e. The van der Waals surface area contributed by atoms with Gasteiger partial charge in [0.25, 0.3) is 0 Å². The number of anilines is 1. The highest BCUT2D eigenvalue weighted by atomic mass is 16.4. The van der Waals surface area contributed by atoms with Gasteiger partial charge in [0.1, 0.15) is 0 Å². The van der Waals surface area contributed by atoms with Gasteiger partial charge in [-0.15, -0.1) is 0 Å². The first-order valence-corrected chi connectivity index (χ1v) is 7.33. The van der Waals surface area contributed by atoms with Gasteiger partial charge in [-0.3, -0.25) is 4.79 Å². The highest BCUT2D eigenvalue weighted by Crippen LogP contribution is 2.19. The molecule has 0 bridgehead atoms. The van der Waals surface area contributed by atoms with Gasteiger partial charge in [0, 0.05) is 18.7 Å². The summed E-state index contributed by atoms with van der Waals surface area (Å²) in [5, 5.41) is 12.0. The SMILES string of the molecule is O=C(O)CCCCNc1ccccc1Cc1ccccc1. The molecule has 0 unspecified atom stereocenters. The highest BCUT2D eigenvalue weighted by molar-refractivity contribution is 5.66. The quantitative estimate of drug-likeness (QED) is 0.721. The number of carbonyl (C=O) groups is 1. The van der Waals surface area contributed by atoms with E-state index in [-0.39, 0.29) is 6.42 Å². The van der Waals surface area contributed by atoms with E-state index < -0.39 is 5.97 Å². The van der Waals surface area contributed by atoms with Crippen molar-refractivity contribution >= 4 is 11.7 Å². The zero-order chi connectivity index (χ0) is 14.9. The number of rotatable bonds is 8. The highest BCUT2D eigenvalue weighted by Gasteiger charge is 2.03. The maximum Gasteiger partial charge on any atom is 0.303 e. The summed E-state index contributed by atoms with van der Waals surface area (Å²) in [6.45, 7) is 0.805. The van der Waals surface area contributed by atoms with E-state index in [9.17, 15) is 4.79 Å². The Morgan fingerprint density at radius 3 is 2.43 bits per heavy atom. The topological polar surface area (TPSA) is 49.3 Å². The predicted octanol–water partition coefficient (Wildman–Crippen LogP) is 3.94. The summed E-state index contributed by atoms with van der Waals surface area (Å²) >= 11 is 0. The molecule has 0 amide bonds. The summed E-state index contributed by atoms with van der Waals surface area (Å²) in [4.78, 5) is 10.5. The Kier molecular flexibility index (Phi) is 5.83. The molecule has 2 rings (SSSR count). The third kappa shape index (κ3) is 5.30. The molecule has 0 radical (unpaired) electrons. The first kappa shape index (κ1) is 15.1. The molecular formula is C18H21NO2. The summed E-state index contributed by atoms with van der Waals surface area (Å²) in [6.07, 6.45) is 2.72. The fourth-order valence-corrected chi connectivity index (χ4v) is 2.29. The molecule has 3 nitrogen and oxygen atoms in total. The molecule has 110 valence electrons. The summed E-state index contributed by atoms with van der Waals surface area (Å²) in [7, 11) is 0. The van der Waals surface area contributed by atoms with E-state index in [4.69, 9.17) is 5.11 Å². The molecule has 0 saturated heterocycles. The Bertz CT molecular complexity index is 566. The number of carboxylic acids is 1. The number of para-hydroxylation sites is 1. The third-order valence-electron chi connectivity index (χ3n) is 3.39. The summed E-state index contributed by atoms with van der Waals surface area (Å²) in [5.41, 5.74) is 3.69. The minimum Gasteiger partial charge on any atom is -0.481 e. The van der Waals surface area contributed by atoms with E-state index >= 15 is 0 Å². The van der Waals surface area contributed by atoms with Crippen molar-refractivity contribution in [1.29, 1.82) is 0 Å². The molecule has 21 heavy (non-hydrogen) atoms. The molecule has 0 saturated carbocycles. The summed E-state index contributed by atoms with van der Waals surface area (Å²) in [6, 6.07) is 18.7. The smallest absolute Gasteiger partial charge is 0.303 e. The van der Waals surface area contributed by atoms with Gasteiger partial charge in [-0.2, -0.15) is 0 Å². The minimum absolute atomic E-state index is 0.243. The van der Waals surface area contributed by atoms with E-state index in [1.165, 1.54) is 11.1 Å². The number of aliphatic carboxylic acids is 1. The lowest BCUT2D eigenvalue weighted by atomic mass is 10.0. The number of hydrogen-bond donors (Lipinski definition) is 2. The first-order chi connectivity index (χ1) is 10.3. The fraction of sp³-hybridized carbons (Fsp3) is 0.278. The van der Waals surface area contributed by atoms with Crippen LogP contribution in [0.15, 0.2) is 54.6 Å². The second kappa shape index (κ2) is 8.10. The number of nitrogens with one attached hydrogen (secondary N) is 1. The van der Waals surface area contributed by atoms with Crippen LogP contribution in [0.1, 0.15) is 30.4 Å². The van der Waals surface area contributed by atoms with Crippen molar-refractivity contribution in [3.05, 3.63) is 65.7 Å². The van der Waals surface area contributed by atoms with E-state index in [0.717, 1.165) is 25.1 Å². The van der Waals surface area contributed by atoms with Gasteiger partial charge in [-0.1, -0.05) is 48.5 Å². The summed E-state index contributed by atoms with van der Waals surface area (Å²) in [5.74, 6) is -0.723. The van der Waals surface area contributed by atoms with Crippen LogP contribution >= 0.6 is 0 Å². The maximum atomic E-state index is 10.5. The Balaban J connectivity index is 1.89. The van der Waals surface area contributed by atoms with Gasteiger partial charge in [0.05, 0.1) is 0 Å². The Morgan fingerprint density at radius 1 is 0.952 bits per heavy atom. The van der Waals surface area contributed by atoms with Crippen LogP contribution in [0.4, 0.5) is 5.69 Å². The second-order valence-electron chi connectivity index (χ2n) is 5.10. The first-order valence-electron chi connectivity index (χ1n) is 7.33. The van der Waals surface area contributed by atoms with Crippen LogP contribution < -0.4 is 5.32 Å². The lowest BCUT2D eigenvalue weighted by Crippen LogP contribution is -2.05. The predicted molar refractivity (Wildman–Crippen MR) is 85.7 cm³/mol. The molecular weight excluding hydrogens is 262 g/mol. The van der Waals surface area contributed by atoms with Crippen LogP contribution in [-0.2, 0) is 11.2 Å². The van der Waals surface area contributed by atoms with Gasteiger partial charge >= 0.3 is 5.97 Å². The molecule has 0 aliphatic carbocycles. The average molecular weight is 283 g/mol. The number of carboxylic acid groups (broad SMARTS) is 1. The zero-order valence-corrected chi connectivity index (χ0v) is 12.1. The zero-order valence-electron chi connectivity index (χ0n) is 12.1. The molecule has 2 N–H and O–H groups in total. The van der Waals surface area contributed by atoms with Crippen LogP contribution in [0.5, 0.6) is 0 Å². The third-order valence-corrected chi connectivity index (χ3v) is 3.39. The number of benzene rings is 2. The van der Waals surface area contributed by atoms with Gasteiger partial charge in [0.2, 0.25) is 0 Å². The average Bonchev–Trinajstić information content (AvgIpc) is 2.49. The van der Waals surface area contributed by atoms with E-state index in [1.807, 2.05) is 18.2 Å². The van der Waals surface area contributed by atoms with Crippen molar-refractivity contribution in [2.45, 2.75) is 25.7 Å². The van der Waals surface area contributed by atoms with Crippen molar-refractivity contribution in [2.24, 2.45) is 0 Å². The van der Waals surface area contributed by atoms with Gasteiger partial charge in [-0.25, -0.2) is 0 Å². The molecule has 0 aromatic heterocycles. The second-order valence-corrected chi connectivity index (χ2v) is 5.10. The number of hydrogen-bond acceptors (Lipinski definition) is 2. The molecule has 0 spiro atoms. The van der Waals surface area contributed by atoms with E-state index in [2.05, 4.69) is 41.7 Å². The van der Waals surface area contributed by atoms with Crippen molar-refractivity contribution < 1.29 is 9.90 Å². The lowest BCUT2D eigenvalue weighted by Gasteiger charge is -2.12. The van der Waals surface area contributed by atoms with Crippen LogP contribution in [0.25, 0.3) is 0 Å². The van der Waals surface area contributed by atoms with Crippen LogP contribution in [0.2, 0.25) is 0 Å². The van der Waals surface area contributed by atoms with Crippen molar-refractivity contribution in [3.63, 3.8) is 0 Å². The van der Waals surface area contributed by atoms with Crippen molar-refractivity contribution in [1.82, 2.24) is 0 Å². The van der Waals surface area contributed by atoms with Crippen LogP contribution in [-0.4, -0.2) is 17.6 Å². The molecule has 2 aromatic carbocycles. The Labute approximate surface area is 125 Å². The van der Waals surface area contributed by atoms with E-state index in [0.29, 0.717) is 6.42 Å². The Morgan fingerprint density at radius 2 is 1.67 bits per heavy atom. The fourth-order valence-electron chi connectivity index (χ4n) is 2.29. The monoisotopic (exact) mass is 283 g/mol. The molecule has 0 atom stereocenters. The Hall–Kier alpha value is -2.29. The number of unbranched alkanes of at least 4 members (excludes halogenated alkanes) is 1. The lowest BCUT2D eigenvalue weighted by molar-refractivity contribution is -0.137. The molecule has 0 heterocycles. The molecule has 0 aliphatic rings.